The average molecular weight is 419 g/mol. The summed E-state index contributed by atoms with van der Waals surface area (Å²) in [6.07, 6.45) is 2.87. The molecule has 1 aromatic heterocycles. The van der Waals surface area contributed by atoms with Crippen LogP contribution in [-0.2, 0) is 35.5 Å². The third-order valence-corrected chi connectivity index (χ3v) is 5.22. The van der Waals surface area contributed by atoms with Crippen molar-refractivity contribution in [3.05, 3.63) is 51.3 Å². The SMILES string of the molecule is CNC(=O)Cc1ccc(Cl)c(C(=O)NCc2nn3c(c2C(=O)OC)CCCC3)c1. The Labute approximate surface area is 173 Å². The second kappa shape index (κ2) is 9.09. The smallest absolute Gasteiger partial charge is 0.341 e. The predicted octanol–water partition coefficient (Wildman–Crippen LogP) is 1.88. The van der Waals surface area contributed by atoms with E-state index in [1.165, 1.54) is 7.11 Å². The molecule has 0 atom stereocenters. The summed E-state index contributed by atoms with van der Waals surface area (Å²) in [6, 6.07) is 4.88. The van der Waals surface area contributed by atoms with E-state index in [1.54, 1.807) is 25.2 Å². The summed E-state index contributed by atoms with van der Waals surface area (Å²) >= 11 is 6.17. The van der Waals surface area contributed by atoms with Crippen LogP contribution >= 0.6 is 11.6 Å². The number of ether oxygens (including phenoxy) is 1. The molecule has 0 bridgehead atoms. The highest BCUT2D eigenvalue weighted by molar-refractivity contribution is 6.33. The van der Waals surface area contributed by atoms with Crippen LogP contribution in [0.1, 0.15) is 50.5 Å². The van der Waals surface area contributed by atoms with Crippen LogP contribution in [-0.4, -0.2) is 41.7 Å². The van der Waals surface area contributed by atoms with Crippen molar-refractivity contribution < 1.29 is 19.1 Å². The van der Waals surface area contributed by atoms with Gasteiger partial charge in [-0.15, -0.1) is 0 Å². The maximum Gasteiger partial charge on any atom is 0.341 e. The number of carbonyl (C=O) groups is 3. The monoisotopic (exact) mass is 418 g/mol. The van der Waals surface area contributed by atoms with Gasteiger partial charge < -0.3 is 15.4 Å². The molecule has 0 saturated carbocycles. The third-order valence-electron chi connectivity index (χ3n) is 4.89. The Morgan fingerprint density at radius 1 is 1.28 bits per heavy atom. The van der Waals surface area contributed by atoms with Crippen LogP contribution in [0.4, 0.5) is 0 Å². The van der Waals surface area contributed by atoms with Crippen LogP contribution in [0.25, 0.3) is 0 Å². The first-order valence-electron chi connectivity index (χ1n) is 9.38. The van der Waals surface area contributed by atoms with Crippen LogP contribution in [0.15, 0.2) is 18.2 Å². The fraction of sp³-hybridized carbons (Fsp3) is 0.400. The number of carbonyl (C=O) groups excluding carboxylic acids is 3. The summed E-state index contributed by atoms with van der Waals surface area (Å²) < 4.78 is 6.72. The van der Waals surface area contributed by atoms with E-state index in [0.29, 0.717) is 16.8 Å². The lowest BCUT2D eigenvalue weighted by atomic mass is 10.0. The number of halogens is 1. The molecule has 0 unspecified atom stereocenters. The van der Waals surface area contributed by atoms with Gasteiger partial charge in [0, 0.05) is 13.6 Å². The molecule has 9 heteroatoms. The van der Waals surface area contributed by atoms with E-state index >= 15 is 0 Å². The Morgan fingerprint density at radius 3 is 2.79 bits per heavy atom. The molecule has 0 spiro atoms. The molecule has 3 rings (SSSR count). The van der Waals surface area contributed by atoms with Crippen LogP contribution in [0.2, 0.25) is 5.02 Å². The molecule has 1 aliphatic heterocycles. The Morgan fingerprint density at radius 2 is 2.07 bits per heavy atom. The van der Waals surface area contributed by atoms with Crippen LogP contribution in [0.3, 0.4) is 0 Å². The molecule has 0 fully saturated rings. The zero-order valence-electron chi connectivity index (χ0n) is 16.4. The van der Waals surface area contributed by atoms with Gasteiger partial charge in [-0.1, -0.05) is 17.7 Å². The zero-order chi connectivity index (χ0) is 21.0. The summed E-state index contributed by atoms with van der Waals surface area (Å²) in [5, 5.41) is 10.1. The number of amides is 2. The highest BCUT2D eigenvalue weighted by atomic mass is 35.5. The van der Waals surface area contributed by atoms with Crippen molar-refractivity contribution in [2.45, 2.75) is 38.8 Å². The molecule has 29 heavy (non-hydrogen) atoms. The lowest BCUT2D eigenvalue weighted by Gasteiger charge is -2.13. The minimum absolute atomic E-state index is 0.0687. The molecule has 0 saturated heterocycles. The van der Waals surface area contributed by atoms with Gasteiger partial charge in [0.1, 0.15) is 5.56 Å². The molecule has 2 heterocycles. The van der Waals surface area contributed by atoms with Crippen molar-refractivity contribution in [3.8, 4) is 0 Å². The maximum atomic E-state index is 12.7. The summed E-state index contributed by atoms with van der Waals surface area (Å²) in [5.74, 6) is -1.02. The number of esters is 1. The molecule has 2 amide bonds. The number of likely N-dealkylation sites (N-methyl/N-ethyl adjacent to an activating group) is 1. The van der Waals surface area contributed by atoms with Gasteiger partial charge in [0.25, 0.3) is 5.91 Å². The number of methoxy groups -OCH3 is 1. The Hall–Kier alpha value is -2.87. The molecule has 154 valence electrons. The Bertz CT molecular complexity index is 954. The second-order valence-electron chi connectivity index (χ2n) is 6.79. The van der Waals surface area contributed by atoms with Crippen molar-refractivity contribution in [1.29, 1.82) is 0 Å². The minimum atomic E-state index is -0.456. The van der Waals surface area contributed by atoms with E-state index in [4.69, 9.17) is 16.3 Å². The molecule has 2 N–H and O–H groups in total. The highest BCUT2D eigenvalue weighted by Crippen LogP contribution is 2.23. The largest absolute Gasteiger partial charge is 0.465 e. The van der Waals surface area contributed by atoms with Gasteiger partial charge in [-0.05, 0) is 37.0 Å². The molecule has 2 aromatic rings. The average Bonchev–Trinajstić information content (AvgIpc) is 3.11. The number of nitrogens with zero attached hydrogens (tertiary/aromatic N) is 2. The van der Waals surface area contributed by atoms with Gasteiger partial charge in [0.15, 0.2) is 0 Å². The van der Waals surface area contributed by atoms with Gasteiger partial charge in [0.05, 0.1) is 42.0 Å². The van der Waals surface area contributed by atoms with Crippen molar-refractivity contribution in [2.24, 2.45) is 0 Å². The topological polar surface area (TPSA) is 102 Å². The number of rotatable bonds is 6. The van der Waals surface area contributed by atoms with Gasteiger partial charge in [-0.3, -0.25) is 14.3 Å². The van der Waals surface area contributed by atoms with E-state index in [0.717, 1.165) is 31.5 Å². The zero-order valence-corrected chi connectivity index (χ0v) is 17.1. The fourth-order valence-corrected chi connectivity index (χ4v) is 3.60. The first kappa shape index (κ1) is 20.9. The van der Waals surface area contributed by atoms with E-state index in [2.05, 4.69) is 15.7 Å². The number of hydrogen-bond donors (Lipinski definition) is 2. The second-order valence-corrected chi connectivity index (χ2v) is 7.19. The lowest BCUT2D eigenvalue weighted by Crippen LogP contribution is -2.25. The molecule has 1 aliphatic rings. The molecule has 0 aliphatic carbocycles. The van der Waals surface area contributed by atoms with Gasteiger partial charge in [-0.25, -0.2) is 4.79 Å². The van der Waals surface area contributed by atoms with Crippen LogP contribution in [0.5, 0.6) is 0 Å². The van der Waals surface area contributed by atoms with Crippen LogP contribution in [0, 0.1) is 0 Å². The Balaban J connectivity index is 1.79. The number of aryl methyl sites for hydroxylation is 1. The standard InChI is InChI=1S/C20H23ClN4O4/c1-22-17(26)10-12-6-7-14(21)13(9-12)19(27)23-11-15-18(20(28)29-2)16-5-3-4-8-25(16)24-15/h6-7,9H,3-5,8,10-11H2,1-2H3,(H,22,26)(H,23,27). The van der Waals surface area contributed by atoms with Gasteiger partial charge in [-0.2, -0.15) is 5.10 Å². The van der Waals surface area contributed by atoms with Crippen molar-refractivity contribution in [2.75, 3.05) is 14.2 Å². The Kier molecular flexibility index (Phi) is 6.53. The van der Waals surface area contributed by atoms with Gasteiger partial charge in [0.2, 0.25) is 5.91 Å². The van der Waals surface area contributed by atoms with E-state index in [9.17, 15) is 14.4 Å². The van der Waals surface area contributed by atoms with E-state index in [1.807, 2.05) is 4.68 Å². The third kappa shape index (κ3) is 4.59. The normalized spacial score (nSPS) is 12.8. The van der Waals surface area contributed by atoms with E-state index in [-0.39, 0.29) is 29.5 Å². The number of benzene rings is 1. The minimum Gasteiger partial charge on any atom is -0.465 e. The number of hydrogen-bond acceptors (Lipinski definition) is 5. The van der Waals surface area contributed by atoms with E-state index < -0.39 is 11.9 Å². The van der Waals surface area contributed by atoms with Crippen molar-refractivity contribution >= 4 is 29.4 Å². The number of nitrogens with one attached hydrogen (secondary N) is 2. The summed E-state index contributed by atoms with van der Waals surface area (Å²) in [4.78, 5) is 36.5. The number of aromatic nitrogens is 2. The highest BCUT2D eigenvalue weighted by Gasteiger charge is 2.26. The lowest BCUT2D eigenvalue weighted by molar-refractivity contribution is -0.119. The maximum absolute atomic E-state index is 12.7. The molecular formula is C20H23ClN4O4. The molecular weight excluding hydrogens is 396 g/mol. The fourth-order valence-electron chi connectivity index (χ4n) is 3.40. The predicted molar refractivity (Wildman–Crippen MR) is 107 cm³/mol. The molecule has 1 aromatic carbocycles. The number of fused-ring (bicyclic) bond motifs is 1. The first-order chi connectivity index (χ1) is 13.9. The van der Waals surface area contributed by atoms with Crippen molar-refractivity contribution in [3.63, 3.8) is 0 Å². The molecule has 0 radical (unpaired) electrons. The molecule has 8 nitrogen and oxygen atoms in total. The van der Waals surface area contributed by atoms with Crippen LogP contribution < -0.4 is 10.6 Å². The van der Waals surface area contributed by atoms with Gasteiger partial charge >= 0.3 is 5.97 Å². The quantitative estimate of drug-likeness (QED) is 0.697. The first-order valence-corrected chi connectivity index (χ1v) is 9.76. The summed E-state index contributed by atoms with van der Waals surface area (Å²) in [7, 11) is 2.88. The summed E-state index contributed by atoms with van der Waals surface area (Å²) in [5.41, 5.74) is 2.67. The summed E-state index contributed by atoms with van der Waals surface area (Å²) in [6.45, 7) is 0.805. The van der Waals surface area contributed by atoms with Crippen molar-refractivity contribution in [1.82, 2.24) is 20.4 Å².